The Balaban J connectivity index is 1.26. The Bertz CT molecular complexity index is 1290. The molecule has 2 fully saturated rings. The van der Waals surface area contributed by atoms with Gasteiger partial charge in [-0.2, -0.15) is 0 Å². The minimum Gasteiger partial charge on any atom is -0.488 e. The Morgan fingerprint density at radius 2 is 1.69 bits per heavy atom. The second kappa shape index (κ2) is 10.5. The molecule has 0 bridgehead atoms. The molecule has 0 radical (unpaired) electrons. The van der Waals surface area contributed by atoms with Crippen molar-refractivity contribution >= 4 is 12.0 Å². The van der Waals surface area contributed by atoms with Crippen molar-refractivity contribution in [3.63, 3.8) is 0 Å². The maximum atomic E-state index is 11.2. The summed E-state index contributed by atoms with van der Waals surface area (Å²) in [7, 11) is 0. The number of piperidine rings is 1. The van der Waals surface area contributed by atoms with Gasteiger partial charge in [0.15, 0.2) is 0 Å². The monoisotopic (exact) mass is 523 g/mol. The van der Waals surface area contributed by atoms with Crippen LogP contribution < -0.4 is 9.64 Å². The van der Waals surface area contributed by atoms with Gasteiger partial charge in [-0.1, -0.05) is 48.5 Å². The molecular formula is C35H41NO3. The van der Waals surface area contributed by atoms with E-state index in [1.165, 1.54) is 27.9 Å². The van der Waals surface area contributed by atoms with Crippen molar-refractivity contribution in [2.75, 3.05) is 24.6 Å². The van der Waals surface area contributed by atoms with Crippen molar-refractivity contribution < 1.29 is 14.3 Å². The third-order valence-corrected chi connectivity index (χ3v) is 9.06. The summed E-state index contributed by atoms with van der Waals surface area (Å²) in [5.41, 5.74) is 6.90. The molecule has 2 heterocycles. The normalized spacial score (nSPS) is 24.4. The number of anilines is 1. The number of hydrogen-bond acceptors (Lipinski definition) is 4. The minimum absolute atomic E-state index is 0.187. The molecule has 3 aliphatic rings. The zero-order valence-corrected chi connectivity index (χ0v) is 23.6. The maximum Gasteiger partial charge on any atom is 0.148 e. The summed E-state index contributed by atoms with van der Waals surface area (Å²) >= 11 is 0. The summed E-state index contributed by atoms with van der Waals surface area (Å²) in [4.78, 5) is 13.7. The molecule has 2 aliphatic heterocycles. The smallest absolute Gasteiger partial charge is 0.148 e. The molecule has 1 spiro atoms. The molecule has 3 aromatic carbocycles. The first-order chi connectivity index (χ1) is 18.8. The number of aldehydes is 1. The summed E-state index contributed by atoms with van der Waals surface area (Å²) in [6, 6.07) is 27.1. The molecule has 204 valence electrons. The number of nitrogens with zero attached hydrogens (tertiary/aromatic N) is 1. The van der Waals surface area contributed by atoms with Crippen LogP contribution in [0, 0.1) is 5.41 Å². The summed E-state index contributed by atoms with van der Waals surface area (Å²) in [6.07, 6.45) is 6.02. The van der Waals surface area contributed by atoms with Crippen LogP contribution in [0.3, 0.4) is 0 Å². The highest BCUT2D eigenvalue weighted by atomic mass is 16.5. The van der Waals surface area contributed by atoms with E-state index in [0.717, 1.165) is 63.8 Å². The van der Waals surface area contributed by atoms with Gasteiger partial charge in [0.05, 0.1) is 6.61 Å². The fraction of sp³-hybridized carbons (Fsp3) is 0.457. The minimum atomic E-state index is -0.209. The quantitative estimate of drug-likeness (QED) is 0.329. The molecular weight excluding hydrogens is 482 g/mol. The zero-order valence-electron chi connectivity index (χ0n) is 23.6. The predicted molar refractivity (Wildman–Crippen MR) is 157 cm³/mol. The predicted octanol–water partition coefficient (Wildman–Crippen LogP) is 7.30. The van der Waals surface area contributed by atoms with Crippen LogP contribution in [0.5, 0.6) is 5.75 Å². The van der Waals surface area contributed by atoms with E-state index in [1.54, 1.807) is 0 Å². The highest BCUT2D eigenvalue weighted by molar-refractivity contribution is 5.57. The van der Waals surface area contributed by atoms with E-state index in [0.29, 0.717) is 11.8 Å². The van der Waals surface area contributed by atoms with Crippen LogP contribution in [0.4, 0.5) is 5.69 Å². The fourth-order valence-electron chi connectivity index (χ4n) is 7.08. The van der Waals surface area contributed by atoms with E-state index in [4.69, 9.17) is 9.47 Å². The Morgan fingerprint density at radius 3 is 2.36 bits per heavy atom. The van der Waals surface area contributed by atoms with Crippen molar-refractivity contribution in [2.24, 2.45) is 5.41 Å². The molecule has 0 N–H and O–H groups in total. The molecule has 3 aromatic rings. The first-order valence-corrected chi connectivity index (χ1v) is 14.6. The van der Waals surface area contributed by atoms with Crippen LogP contribution >= 0.6 is 0 Å². The second-order valence-corrected chi connectivity index (χ2v) is 12.9. The van der Waals surface area contributed by atoms with E-state index in [-0.39, 0.29) is 17.1 Å². The van der Waals surface area contributed by atoms with Gasteiger partial charge < -0.3 is 19.2 Å². The third kappa shape index (κ3) is 5.49. The van der Waals surface area contributed by atoms with Gasteiger partial charge in [-0.05, 0) is 105 Å². The van der Waals surface area contributed by atoms with Gasteiger partial charge in [0.2, 0.25) is 0 Å². The number of carbonyl (C=O) groups excluding carboxylic acids is 1. The largest absolute Gasteiger partial charge is 0.488 e. The third-order valence-electron chi connectivity index (χ3n) is 9.06. The van der Waals surface area contributed by atoms with Gasteiger partial charge in [0.25, 0.3) is 0 Å². The van der Waals surface area contributed by atoms with Gasteiger partial charge in [-0.3, -0.25) is 0 Å². The van der Waals surface area contributed by atoms with Gasteiger partial charge >= 0.3 is 0 Å². The SMILES string of the molecule is CC(C)(C)Oc1ccc2c(c1)CC[C@H](c1ccccc1)[C@@H]2c1ccc(N2CCC3(CC2)COC(C=O)C3)cc1. The van der Waals surface area contributed by atoms with Crippen LogP contribution in [0.15, 0.2) is 72.8 Å². The zero-order chi connectivity index (χ0) is 27.0. The van der Waals surface area contributed by atoms with Crippen molar-refractivity contribution in [1.82, 2.24) is 0 Å². The van der Waals surface area contributed by atoms with Gasteiger partial charge in [-0.15, -0.1) is 0 Å². The Labute approximate surface area is 233 Å². The summed E-state index contributed by atoms with van der Waals surface area (Å²) in [5.74, 6) is 1.72. The molecule has 0 aromatic heterocycles. The van der Waals surface area contributed by atoms with Gasteiger partial charge in [0, 0.05) is 30.1 Å². The lowest BCUT2D eigenvalue weighted by Gasteiger charge is -2.40. The first-order valence-electron chi connectivity index (χ1n) is 14.6. The fourth-order valence-corrected chi connectivity index (χ4v) is 7.08. The van der Waals surface area contributed by atoms with Crippen LogP contribution in [-0.2, 0) is 16.0 Å². The number of rotatable bonds is 5. The van der Waals surface area contributed by atoms with Crippen molar-refractivity contribution in [2.45, 2.75) is 76.4 Å². The molecule has 4 heteroatoms. The summed E-state index contributed by atoms with van der Waals surface area (Å²) < 4.78 is 12.0. The average Bonchev–Trinajstić information content (AvgIpc) is 3.35. The number of fused-ring (bicyclic) bond motifs is 1. The van der Waals surface area contributed by atoms with E-state index < -0.39 is 0 Å². The van der Waals surface area contributed by atoms with Crippen LogP contribution in [0.1, 0.15) is 80.5 Å². The maximum absolute atomic E-state index is 11.2. The van der Waals surface area contributed by atoms with Gasteiger partial charge in [0.1, 0.15) is 23.7 Å². The molecule has 6 rings (SSSR count). The van der Waals surface area contributed by atoms with Crippen molar-refractivity contribution in [3.8, 4) is 5.75 Å². The lowest BCUT2D eigenvalue weighted by Crippen LogP contribution is -2.40. The topological polar surface area (TPSA) is 38.8 Å². The molecule has 0 saturated carbocycles. The standard InChI is InChI=1S/C35H41NO3/c1-34(2,3)39-29-14-16-32-27(21-29)11-15-31(25-7-5-4-6-8-25)33(32)26-9-12-28(13-10-26)36-19-17-35(18-20-36)22-30(23-37)38-24-35/h4-10,12-14,16,21,23,30-31,33H,11,15,17-20,22,24H2,1-3H3/t30?,31-,33+/m1/s1. The number of aryl methyl sites for hydroxylation is 1. The first kappa shape index (κ1) is 26.1. The van der Waals surface area contributed by atoms with Gasteiger partial charge in [-0.25, -0.2) is 0 Å². The molecule has 0 amide bonds. The molecule has 1 unspecified atom stereocenters. The second-order valence-electron chi connectivity index (χ2n) is 12.9. The summed E-state index contributed by atoms with van der Waals surface area (Å²) in [5, 5.41) is 0. The van der Waals surface area contributed by atoms with E-state index in [1.807, 2.05) is 0 Å². The highest BCUT2D eigenvalue weighted by Crippen LogP contribution is 2.48. The lowest BCUT2D eigenvalue weighted by atomic mass is 9.69. The molecule has 2 saturated heterocycles. The van der Waals surface area contributed by atoms with E-state index >= 15 is 0 Å². The Kier molecular flexibility index (Phi) is 7.01. The molecule has 4 nitrogen and oxygen atoms in total. The van der Waals surface area contributed by atoms with Crippen LogP contribution in [0.25, 0.3) is 0 Å². The van der Waals surface area contributed by atoms with Crippen LogP contribution in [0.2, 0.25) is 0 Å². The molecule has 39 heavy (non-hydrogen) atoms. The number of ether oxygens (including phenoxy) is 2. The number of hydrogen-bond donors (Lipinski definition) is 0. The lowest BCUT2D eigenvalue weighted by molar-refractivity contribution is -0.115. The van der Waals surface area contributed by atoms with Crippen molar-refractivity contribution in [3.05, 3.63) is 95.1 Å². The Morgan fingerprint density at radius 1 is 0.949 bits per heavy atom. The average molecular weight is 524 g/mol. The van der Waals surface area contributed by atoms with E-state index in [9.17, 15) is 4.79 Å². The molecule has 3 atom stereocenters. The number of benzene rings is 3. The Hall–Kier alpha value is -3.11. The van der Waals surface area contributed by atoms with E-state index in [2.05, 4.69) is 98.5 Å². The summed E-state index contributed by atoms with van der Waals surface area (Å²) in [6.45, 7) is 9.08. The van der Waals surface area contributed by atoms with Crippen LogP contribution in [-0.4, -0.2) is 37.7 Å². The molecule has 1 aliphatic carbocycles. The van der Waals surface area contributed by atoms with Crippen molar-refractivity contribution in [1.29, 1.82) is 0 Å². The highest BCUT2D eigenvalue weighted by Gasteiger charge is 2.42. The number of carbonyl (C=O) groups is 1.